The molecule has 0 spiro atoms. The van der Waals surface area contributed by atoms with Gasteiger partial charge in [0, 0.05) is 5.56 Å². The van der Waals surface area contributed by atoms with Crippen molar-refractivity contribution in [2.45, 2.75) is 19.9 Å². The summed E-state index contributed by atoms with van der Waals surface area (Å²) in [4.78, 5) is 31.4. The molecule has 6 nitrogen and oxygen atoms in total. The number of aromatic nitrogens is 1. The van der Waals surface area contributed by atoms with Gasteiger partial charge in [0.25, 0.3) is 5.56 Å². The van der Waals surface area contributed by atoms with E-state index in [9.17, 15) is 9.59 Å². The van der Waals surface area contributed by atoms with E-state index in [1.54, 1.807) is 31.6 Å². The Labute approximate surface area is 195 Å². The average molecular weight is 461 g/mol. The van der Waals surface area contributed by atoms with Gasteiger partial charge in [0.05, 0.1) is 35.6 Å². The van der Waals surface area contributed by atoms with Crippen LogP contribution in [0.4, 0.5) is 0 Å². The molecule has 0 saturated heterocycles. The lowest BCUT2D eigenvalue weighted by atomic mass is 9.96. The average Bonchev–Trinajstić information content (AvgIpc) is 3.13. The van der Waals surface area contributed by atoms with Crippen LogP contribution in [0.15, 0.2) is 81.7 Å². The van der Waals surface area contributed by atoms with Gasteiger partial charge < -0.3 is 9.47 Å². The van der Waals surface area contributed by atoms with E-state index in [2.05, 4.69) is 4.99 Å². The summed E-state index contributed by atoms with van der Waals surface area (Å²) in [6, 6.07) is 16.5. The number of esters is 1. The largest absolute Gasteiger partial charge is 0.496 e. The molecule has 0 amide bonds. The number of para-hydroxylation sites is 1. The minimum atomic E-state index is -0.596. The summed E-state index contributed by atoms with van der Waals surface area (Å²) in [6.45, 7) is 3.78. The molecule has 1 aromatic heterocycles. The number of fused-ring (bicyclic) bond motifs is 1. The highest BCUT2D eigenvalue weighted by Gasteiger charge is 2.33. The Kier molecular flexibility index (Phi) is 6.70. The highest BCUT2D eigenvalue weighted by molar-refractivity contribution is 7.07. The van der Waals surface area contributed by atoms with Gasteiger partial charge in [-0.2, -0.15) is 0 Å². The number of methoxy groups -OCH3 is 1. The van der Waals surface area contributed by atoms with E-state index < -0.39 is 12.0 Å². The first kappa shape index (κ1) is 22.5. The third-order valence-corrected chi connectivity index (χ3v) is 6.30. The van der Waals surface area contributed by atoms with Gasteiger partial charge in [0.1, 0.15) is 5.75 Å². The number of carbonyl (C=O) groups is 1. The van der Waals surface area contributed by atoms with Crippen LogP contribution in [-0.4, -0.2) is 24.3 Å². The molecule has 3 aromatic rings. The van der Waals surface area contributed by atoms with Crippen molar-refractivity contribution in [1.29, 1.82) is 0 Å². The van der Waals surface area contributed by atoms with Crippen LogP contribution in [0.1, 0.15) is 31.0 Å². The Bertz CT molecular complexity index is 1410. The number of allylic oxidation sites excluding steroid dienone is 2. The molecule has 7 heteroatoms. The zero-order valence-corrected chi connectivity index (χ0v) is 19.5. The van der Waals surface area contributed by atoms with Gasteiger partial charge in [-0.05, 0) is 31.6 Å². The molecule has 0 aliphatic carbocycles. The molecule has 0 N–H and O–H groups in total. The first-order chi connectivity index (χ1) is 16.0. The summed E-state index contributed by atoms with van der Waals surface area (Å²) >= 11 is 1.30. The van der Waals surface area contributed by atoms with Gasteiger partial charge in [-0.25, -0.2) is 9.79 Å². The summed E-state index contributed by atoms with van der Waals surface area (Å²) in [5.41, 5.74) is 2.47. The first-order valence-electron chi connectivity index (χ1n) is 10.6. The molecule has 1 aliphatic heterocycles. The Morgan fingerprint density at radius 2 is 1.88 bits per heavy atom. The fraction of sp³-hybridized carbons (Fsp3) is 0.192. The van der Waals surface area contributed by atoms with Crippen molar-refractivity contribution < 1.29 is 14.3 Å². The number of carbonyl (C=O) groups excluding carboxylic acids is 1. The maximum absolute atomic E-state index is 13.4. The second-order valence-electron chi connectivity index (χ2n) is 7.34. The number of rotatable bonds is 6. The van der Waals surface area contributed by atoms with Crippen LogP contribution in [0, 0.1) is 0 Å². The van der Waals surface area contributed by atoms with Crippen molar-refractivity contribution >= 4 is 29.5 Å². The number of thiazole rings is 1. The SMILES string of the molecule is CCOC(=O)C1=C(C)N=c2sc(=CC=Cc3ccccc3OC)c(=O)n2C1c1ccccc1. The molecule has 0 bridgehead atoms. The Morgan fingerprint density at radius 1 is 1.15 bits per heavy atom. The van der Waals surface area contributed by atoms with Gasteiger partial charge >= 0.3 is 5.97 Å². The molecule has 0 saturated carbocycles. The maximum Gasteiger partial charge on any atom is 0.338 e. The van der Waals surface area contributed by atoms with E-state index >= 15 is 0 Å². The lowest BCUT2D eigenvalue weighted by molar-refractivity contribution is -0.139. The molecule has 168 valence electrons. The molecule has 33 heavy (non-hydrogen) atoms. The van der Waals surface area contributed by atoms with Crippen LogP contribution >= 0.6 is 11.3 Å². The van der Waals surface area contributed by atoms with E-state index in [1.165, 1.54) is 11.3 Å². The molecule has 0 fully saturated rings. The van der Waals surface area contributed by atoms with Crippen LogP contribution in [0.3, 0.4) is 0 Å². The standard InChI is InChI=1S/C26H24N2O4S/c1-4-32-25(30)22-17(2)27-26-28(23(22)19-12-6-5-7-13-19)24(29)21(33-26)16-10-14-18-11-8-9-15-20(18)31-3/h5-16,23H,4H2,1-3H3. The molecule has 4 rings (SSSR count). The van der Waals surface area contributed by atoms with Crippen LogP contribution in [0.5, 0.6) is 5.75 Å². The van der Waals surface area contributed by atoms with Crippen LogP contribution < -0.4 is 19.6 Å². The summed E-state index contributed by atoms with van der Waals surface area (Å²) in [5, 5.41) is 0. The number of hydrogen-bond donors (Lipinski definition) is 0. The Balaban J connectivity index is 1.83. The summed E-state index contributed by atoms with van der Waals surface area (Å²) in [5.74, 6) is 0.292. The van der Waals surface area contributed by atoms with Crippen molar-refractivity contribution in [3.63, 3.8) is 0 Å². The molecule has 2 aromatic carbocycles. The maximum atomic E-state index is 13.4. The van der Waals surface area contributed by atoms with E-state index in [4.69, 9.17) is 9.47 Å². The van der Waals surface area contributed by atoms with Crippen molar-refractivity contribution in [3.05, 3.63) is 103 Å². The highest BCUT2D eigenvalue weighted by Crippen LogP contribution is 2.30. The monoisotopic (exact) mass is 460 g/mol. The van der Waals surface area contributed by atoms with Crippen LogP contribution in [0.2, 0.25) is 0 Å². The van der Waals surface area contributed by atoms with Crippen molar-refractivity contribution in [1.82, 2.24) is 4.57 Å². The predicted octanol–water partition coefficient (Wildman–Crippen LogP) is 3.47. The normalized spacial score (nSPS) is 16.0. The number of nitrogens with zero attached hydrogens (tertiary/aromatic N) is 2. The minimum absolute atomic E-state index is 0.202. The van der Waals surface area contributed by atoms with Gasteiger partial charge in [-0.1, -0.05) is 72.0 Å². The smallest absolute Gasteiger partial charge is 0.338 e. The number of ether oxygens (including phenoxy) is 2. The van der Waals surface area contributed by atoms with Crippen LogP contribution in [-0.2, 0) is 9.53 Å². The van der Waals surface area contributed by atoms with E-state index in [0.717, 1.165) is 16.9 Å². The van der Waals surface area contributed by atoms with E-state index in [-0.39, 0.29) is 12.2 Å². The van der Waals surface area contributed by atoms with Crippen LogP contribution in [0.25, 0.3) is 12.2 Å². The number of benzene rings is 2. The summed E-state index contributed by atoms with van der Waals surface area (Å²) in [6.07, 6.45) is 5.48. The van der Waals surface area contributed by atoms with E-state index in [1.807, 2.05) is 66.7 Å². The van der Waals surface area contributed by atoms with Gasteiger partial charge in [-0.3, -0.25) is 9.36 Å². The van der Waals surface area contributed by atoms with E-state index in [0.29, 0.717) is 20.6 Å². The topological polar surface area (TPSA) is 69.9 Å². The summed E-state index contributed by atoms with van der Waals surface area (Å²) in [7, 11) is 1.62. The lowest BCUT2D eigenvalue weighted by Gasteiger charge is -2.24. The highest BCUT2D eigenvalue weighted by atomic mass is 32.1. The quantitative estimate of drug-likeness (QED) is 0.528. The Hall–Kier alpha value is -3.71. The molecule has 1 aliphatic rings. The lowest BCUT2D eigenvalue weighted by Crippen LogP contribution is -2.39. The molecule has 1 unspecified atom stereocenters. The molecule has 2 heterocycles. The van der Waals surface area contributed by atoms with Gasteiger partial charge in [0.15, 0.2) is 4.80 Å². The fourth-order valence-electron chi connectivity index (χ4n) is 3.80. The first-order valence-corrected chi connectivity index (χ1v) is 11.4. The minimum Gasteiger partial charge on any atom is -0.496 e. The molecular weight excluding hydrogens is 436 g/mol. The van der Waals surface area contributed by atoms with Crippen molar-refractivity contribution in [2.24, 2.45) is 4.99 Å². The number of hydrogen-bond acceptors (Lipinski definition) is 6. The third kappa shape index (κ3) is 4.45. The summed E-state index contributed by atoms with van der Waals surface area (Å²) < 4.78 is 12.8. The molecule has 0 radical (unpaired) electrons. The zero-order chi connectivity index (χ0) is 23.4. The predicted molar refractivity (Wildman–Crippen MR) is 130 cm³/mol. The second-order valence-corrected chi connectivity index (χ2v) is 8.35. The zero-order valence-electron chi connectivity index (χ0n) is 18.6. The van der Waals surface area contributed by atoms with Crippen molar-refractivity contribution in [3.8, 4) is 5.75 Å². The van der Waals surface area contributed by atoms with Gasteiger partial charge in [0.2, 0.25) is 0 Å². The second kappa shape index (κ2) is 9.83. The molecule has 1 atom stereocenters. The fourth-order valence-corrected chi connectivity index (χ4v) is 4.80. The Morgan fingerprint density at radius 3 is 2.61 bits per heavy atom. The third-order valence-electron chi connectivity index (χ3n) is 5.29. The van der Waals surface area contributed by atoms with Crippen molar-refractivity contribution in [2.75, 3.05) is 13.7 Å². The molecular formula is C26H24N2O4S. The van der Waals surface area contributed by atoms with Gasteiger partial charge in [-0.15, -0.1) is 0 Å².